The van der Waals surface area contributed by atoms with Gasteiger partial charge in [0.25, 0.3) is 0 Å². The molecule has 0 bridgehead atoms. The Morgan fingerprint density at radius 1 is 1.00 bits per heavy atom. The molecule has 2 fully saturated rings. The molecule has 0 amide bonds. The zero-order valence-corrected chi connectivity index (χ0v) is 14.5. The first-order valence-corrected chi connectivity index (χ1v) is 9.42. The van der Waals surface area contributed by atoms with Crippen molar-refractivity contribution < 1.29 is 9.47 Å². The van der Waals surface area contributed by atoms with E-state index in [1.165, 1.54) is 30.4 Å². The Bertz CT molecular complexity index is 750. The monoisotopic (exact) mass is 336 g/mol. The van der Waals surface area contributed by atoms with Crippen LogP contribution in [0.4, 0.5) is 0 Å². The zero-order chi connectivity index (χ0) is 16.7. The molecule has 1 aromatic carbocycles. The fraction of sp³-hybridized carbons (Fsp3) is 0.476. The largest absolute Gasteiger partial charge is 0.462 e. The van der Waals surface area contributed by atoms with Crippen LogP contribution >= 0.6 is 0 Å². The number of hydrogen-bond donors (Lipinski definition) is 0. The predicted octanol–water partition coefficient (Wildman–Crippen LogP) is 4.00. The van der Waals surface area contributed by atoms with Crippen molar-refractivity contribution in [3.8, 4) is 16.9 Å². The van der Waals surface area contributed by atoms with Crippen LogP contribution in [0.5, 0.6) is 5.75 Å². The molecule has 1 saturated carbocycles. The Kier molecular flexibility index (Phi) is 3.75. The Hall–Kier alpha value is -1.91. The first kappa shape index (κ1) is 15.4. The van der Waals surface area contributed by atoms with Crippen molar-refractivity contribution >= 4 is 0 Å². The number of piperidine rings is 1. The van der Waals surface area contributed by atoms with Crippen molar-refractivity contribution in [2.24, 2.45) is 0 Å². The fourth-order valence-electron chi connectivity index (χ4n) is 4.18. The molecule has 2 aromatic rings. The third kappa shape index (κ3) is 2.83. The van der Waals surface area contributed by atoms with E-state index in [2.05, 4.69) is 28.1 Å². The molecule has 130 valence electrons. The highest BCUT2D eigenvalue weighted by molar-refractivity contribution is 5.65. The van der Waals surface area contributed by atoms with Gasteiger partial charge in [0.1, 0.15) is 5.75 Å². The van der Waals surface area contributed by atoms with Crippen LogP contribution in [0.1, 0.15) is 37.7 Å². The van der Waals surface area contributed by atoms with E-state index < -0.39 is 5.79 Å². The number of nitrogens with zero attached hydrogens (tertiary/aromatic N) is 2. The van der Waals surface area contributed by atoms with Crippen LogP contribution in [0.2, 0.25) is 0 Å². The number of pyridine rings is 1. The topological polar surface area (TPSA) is 34.6 Å². The van der Waals surface area contributed by atoms with Crippen molar-refractivity contribution in [2.75, 3.05) is 13.1 Å². The Balaban J connectivity index is 1.32. The SMILES string of the molecule is c1cc(-c2ccc3c(c2)COC2(CCN(C4CCC4)CC2)O3)ccn1. The van der Waals surface area contributed by atoms with E-state index in [0.717, 1.165) is 43.3 Å². The first-order chi connectivity index (χ1) is 12.3. The van der Waals surface area contributed by atoms with Crippen molar-refractivity contribution in [1.82, 2.24) is 9.88 Å². The average Bonchev–Trinajstić information content (AvgIpc) is 2.63. The third-order valence-corrected chi connectivity index (χ3v) is 6.01. The normalized spacial score (nSPS) is 22.9. The van der Waals surface area contributed by atoms with Gasteiger partial charge in [0.2, 0.25) is 5.79 Å². The van der Waals surface area contributed by atoms with E-state index in [-0.39, 0.29) is 0 Å². The molecule has 1 spiro atoms. The molecule has 25 heavy (non-hydrogen) atoms. The smallest absolute Gasteiger partial charge is 0.213 e. The number of ether oxygens (including phenoxy) is 2. The quantitative estimate of drug-likeness (QED) is 0.830. The molecule has 2 aliphatic heterocycles. The van der Waals surface area contributed by atoms with E-state index in [0.29, 0.717) is 6.61 Å². The van der Waals surface area contributed by atoms with Crippen molar-refractivity contribution in [3.63, 3.8) is 0 Å². The summed E-state index contributed by atoms with van der Waals surface area (Å²) < 4.78 is 12.6. The molecule has 5 rings (SSSR count). The van der Waals surface area contributed by atoms with Crippen LogP contribution in [0, 0.1) is 0 Å². The maximum Gasteiger partial charge on any atom is 0.213 e. The number of rotatable bonds is 2. The van der Waals surface area contributed by atoms with Crippen molar-refractivity contribution in [2.45, 2.75) is 50.5 Å². The zero-order valence-electron chi connectivity index (χ0n) is 14.5. The van der Waals surface area contributed by atoms with Gasteiger partial charge in [0, 0.05) is 49.9 Å². The van der Waals surface area contributed by atoms with Crippen LogP contribution in [0.15, 0.2) is 42.7 Å². The number of fused-ring (bicyclic) bond motifs is 1. The van der Waals surface area contributed by atoms with Crippen LogP contribution in [0.3, 0.4) is 0 Å². The van der Waals surface area contributed by atoms with Crippen LogP contribution in [0.25, 0.3) is 11.1 Å². The molecule has 1 aliphatic carbocycles. The number of aromatic nitrogens is 1. The second-order valence-electron chi connectivity index (χ2n) is 7.48. The molecule has 4 heteroatoms. The van der Waals surface area contributed by atoms with Crippen LogP contribution in [-0.4, -0.2) is 34.8 Å². The van der Waals surface area contributed by atoms with E-state index >= 15 is 0 Å². The minimum Gasteiger partial charge on any atom is -0.462 e. The predicted molar refractivity (Wildman–Crippen MR) is 96.3 cm³/mol. The van der Waals surface area contributed by atoms with Gasteiger partial charge in [0.05, 0.1) is 6.61 Å². The van der Waals surface area contributed by atoms with Gasteiger partial charge in [-0.1, -0.05) is 12.5 Å². The molecule has 0 radical (unpaired) electrons. The Labute approximate surface area is 148 Å². The van der Waals surface area contributed by atoms with Gasteiger partial charge >= 0.3 is 0 Å². The molecule has 0 atom stereocenters. The van der Waals surface area contributed by atoms with Gasteiger partial charge in [-0.3, -0.25) is 9.88 Å². The summed E-state index contributed by atoms with van der Waals surface area (Å²) in [4.78, 5) is 6.72. The highest BCUT2D eigenvalue weighted by atomic mass is 16.7. The summed E-state index contributed by atoms with van der Waals surface area (Å²) >= 11 is 0. The first-order valence-electron chi connectivity index (χ1n) is 9.42. The minimum atomic E-state index is -0.411. The summed E-state index contributed by atoms with van der Waals surface area (Å²) in [6.45, 7) is 2.82. The molecule has 3 aliphatic rings. The van der Waals surface area contributed by atoms with Gasteiger partial charge in [-0.05, 0) is 48.2 Å². The summed E-state index contributed by atoms with van der Waals surface area (Å²) in [5.74, 6) is 0.576. The Morgan fingerprint density at radius 2 is 1.80 bits per heavy atom. The number of benzene rings is 1. The van der Waals surface area contributed by atoms with Gasteiger partial charge in [-0.15, -0.1) is 0 Å². The minimum absolute atomic E-state index is 0.411. The summed E-state index contributed by atoms with van der Waals surface area (Å²) in [6.07, 6.45) is 9.72. The molecular formula is C21H24N2O2. The summed E-state index contributed by atoms with van der Waals surface area (Å²) in [5, 5.41) is 0. The molecular weight excluding hydrogens is 312 g/mol. The van der Waals surface area contributed by atoms with Gasteiger partial charge < -0.3 is 9.47 Å². The molecule has 1 saturated heterocycles. The number of likely N-dealkylation sites (tertiary alicyclic amines) is 1. The van der Waals surface area contributed by atoms with Crippen molar-refractivity contribution in [3.05, 3.63) is 48.3 Å². The maximum absolute atomic E-state index is 6.37. The second-order valence-corrected chi connectivity index (χ2v) is 7.48. The fourth-order valence-corrected chi connectivity index (χ4v) is 4.18. The molecule has 1 aromatic heterocycles. The summed E-state index contributed by atoms with van der Waals surface area (Å²) in [5.41, 5.74) is 3.50. The second kappa shape index (κ2) is 6.11. The summed E-state index contributed by atoms with van der Waals surface area (Å²) in [7, 11) is 0. The number of hydrogen-bond acceptors (Lipinski definition) is 4. The van der Waals surface area contributed by atoms with Gasteiger partial charge in [0.15, 0.2) is 0 Å². The van der Waals surface area contributed by atoms with E-state index in [1.807, 2.05) is 24.5 Å². The van der Waals surface area contributed by atoms with E-state index in [1.54, 1.807) is 0 Å². The van der Waals surface area contributed by atoms with Gasteiger partial charge in [-0.2, -0.15) is 0 Å². The van der Waals surface area contributed by atoms with Crippen LogP contribution in [-0.2, 0) is 11.3 Å². The van der Waals surface area contributed by atoms with Crippen molar-refractivity contribution in [1.29, 1.82) is 0 Å². The van der Waals surface area contributed by atoms with Crippen LogP contribution < -0.4 is 4.74 Å². The average molecular weight is 336 g/mol. The lowest BCUT2D eigenvalue weighted by Crippen LogP contribution is -2.54. The summed E-state index contributed by atoms with van der Waals surface area (Å²) in [6, 6.07) is 11.3. The lowest BCUT2D eigenvalue weighted by atomic mass is 9.89. The highest BCUT2D eigenvalue weighted by Gasteiger charge is 2.42. The molecule has 4 nitrogen and oxygen atoms in total. The molecule has 3 heterocycles. The lowest BCUT2D eigenvalue weighted by Gasteiger charge is -2.47. The van der Waals surface area contributed by atoms with E-state index in [9.17, 15) is 0 Å². The molecule has 0 N–H and O–H groups in total. The highest BCUT2D eigenvalue weighted by Crippen LogP contribution is 2.40. The Morgan fingerprint density at radius 3 is 2.52 bits per heavy atom. The lowest BCUT2D eigenvalue weighted by molar-refractivity contribution is -0.231. The van der Waals surface area contributed by atoms with E-state index in [4.69, 9.17) is 9.47 Å². The maximum atomic E-state index is 6.37. The standard InChI is InChI=1S/C21H24N2O2/c1-2-19(3-1)23-12-8-21(9-13-23)24-15-18-14-17(4-5-20(18)25-21)16-6-10-22-11-7-16/h4-7,10-11,14,19H,1-3,8-9,12-13,15H2. The van der Waals surface area contributed by atoms with Gasteiger partial charge in [-0.25, -0.2) is 0 Å². The third-order valence-electron chi connectivity index (χ3n) is 6.01. The molecule has 0 unspecified atom stereocenters.